The second-order valence-corrected chi connectivity index (χ2v) is 6.37. The fourth-order valence-electron chi connectivity index (χ4n) is 2.33. The molecule has 1 N–H and O–H groups in total. The number of amides is 1. The van der Waals surface area contributed by atoms with Crippen LogP contribution in [0.1, 0.15) is 9.67 Å². The maximum absolute atomic E-state index is 12.6. The number of aliphatic carboxylic acids is 1. The molecule has 8 heteroatoms. The van der Waals surface area contributed by atoms with Gasteiger partial charge in [-0.2, -0.15) is 0 Å². The Balaban J connectivity index is 1.86. The number of hydrogen-bond donors (Lipinski definition) is 1. The summed E-state index contributed by atoms with van der Waals surface area (Å²) in [6, 6.07) is 6.26. The summed E-state index contributed by atoms with van der Waals surface area (Å²) in [6.45, 7) is 0.568. The van der Waals surface area contributed by atoms with Crippen LogP contribution in [0.4, 0.5) is 0 Å². The van der Waals surface area contributed by atoms with E-state index < -0.39 is 12.0 Å². The molecule has 2 heterocycles. The molecule has 120 valence electrons. The van der Waals surface area contributed by atoms with Gasteiger partial charge in [0.15, 0.2) is 6.04 Å². The maximum Gasteiger partial charge on any atom is 0.328 e. The van der Waals surface area contributed by atoms with Gasteiger partial charge in [0.2, 0.25) is 0 Å². The molecule has 0 unspecified atom stereocenters. The predicted octanol–water partition coefficient (Wildman–Crippen LogP) is 2.39. The van der Waals surface area contributed by atoms with Crippen LogP contribution in [0.2, 0.25) is 5.02 Å². The zero-order valence-electron chi connectivity index (χ0n) is 11.9. The van der Waals surface area contributed by atoms with Gasteiger partial charge in [0.05, 0.1) is 24.4 Å². The number of ether oxygens (including phenoxy) is 1. The minimum Gasteiger partial charge on any atom is -0.480 e. The molecule has 1 aliphatic rings. The van der Waals surface area contributed by atoms with Gasteiger partial charge in [0.1, 0.15) is 9.88 Å². The third kappa shape index (κ3) is 3.21. The average Bonchev–Trinajstić information content (AvgIpc) is 3.04. The molecule has 1 fully saturated rings. The van der Waals surface area contributed by atoms with Gasteiger partial charge >= 0.3 is 5.97 Å². The highest BCUT2D eigenvalue weighted by Crippen LogP contribution is 2.31. The number of thiazole rings is 1. The molecule has 0 radical (unpaired) electrons. The zero-order valence-corrected chi connectivity index (χ0v) is 13.5. The summed E-state index contributed by atoms with van der Waals surface area (Å²) in [5.74, 6) is -1.43. The van der Waals surface area contributed by atoms with Crippen molar-refractivity contribution in [3.8, 4) is 10.6 Å². The first kappa shape index (κ1) is 15.9. The predicted molar refractivity (Wildman–Crippen MR) is 85.8 cm³/mol. The summed E-state index contributed by atoms with van der Waals surface area (Å²) in [7, 11) is 0. The van der Waals surface area contributed by atoms with E-state index in [1.165, 1.54) is 22.4 Å². The van der Waals surface area contributed by atoms with E-state index in [-0.39, 0.29) is 19.1 Å². The number of benzene rings is 1. The Labute approximate surface area is 141 Å². The first-order chi connectivity index (χ1) is 11.1. The van der Waals surface area contributed by atoms with Gasteiger partial charge in [-0.3, -0.25) is 4.79 Å². The Morgan fingerprint density at radius 3 is 2.91 bits per heavy atom. The molecule has 0 saturated carbocycles. The van der Waals surface area contributed by atoms with E-state index in [1.54, 1.807) is 6.07 Å². The number of hydrogen-bond acceptors (Lipinski definition) is 5. The molecule has 1 atom stereocenters. The first-order valence-corrected chi connectivity index (χ1v) is 8.09. The molecular formula is C15H13ClN2O4S. The molecule has 1 amide bonds. The van der Waals surface area contributed by atoms with E-state index in [0.29, 0.717) is 21.5 Å². The van der Waals surface area contributed by atoms with E-state index in [0.717, 1.165) is 5.56 Å². The van der Waals surface area contributed by atoms with E-state index in [9.17, 15) is 14.7 Å². The van der Waals surface area contributed by atoms with Crippen LogP contribution in [0, 0.1) is 0 Å². The van der Waals surface area contributed by atoms with Crippen LogP contribution in [0.5, 0.6) is 0 Å². The fraction of sp³-hybridized carbons (Fsp3) is 0.267. The second-order valence-electron chi connectivity index (χ2n) is 4.94. The number of carbonyl (C=O) groups is 2. The largest absolute Gasteiger partial charge is 0.480 e. The highest BCUT2D eigenvalue weighted by Gasteiger charge is 2.34. The molecule has 2 aromatic rings. The number of carboxylic acid groups (broad SMARTS) is 1. The Bertz CT molecular complexity index is 749. The number of morpholine rings is 1. The number of aromatic nitrogens is 1. The summed E-state index contributed by atoms with van der Waals surface area (Å²) < 4.78 is 5.15. The van der Waals surface area contributed by atoms with Gasteiger partial charge in [-0.15, -0.1) is 11.3 Å². The van der Waals surface area contributed by atoms with Crippen molar-refractivity contribution in [1.29, 1.82) is 0 Å². The van der Waals surface area contributed by atoms with E-state index in [2.05, 4.69) is 4.98 Å². The standard InChI is InChI=1S/C15H13ClN2O4S/c16-10-4-2-1-3-9(10)13-17-7-12(23-13)14(19)18-5-6-22-8-11(18)15(20)21/h1-4,7,11H,5-6,8H2,(H,20,21)/t11-/m1/s1. The van der Waals surface area contributed by atoms with Crippen LogP contribution in [0.25, 0.3) is 10.6 Å². The van der Waals surface area contributed by atoms with Gasteiger partial charge in [-0.1, -0.05) is 29.8 Å². The van der Waals surface area contributed by atoms with Gasteiger partial charge < -0.3 is 14.7 Å². The summed E-state index contributed by atoms with van der Waals surface area (Å²) in [6.07, 6.45) is 1.46. The van der Waals surface area contributed by atoms with Crippen LogP contribution in [-0.4, -0.2) is 52.7 Å². The Morgan fingerprint density at radius 1 is 1.39 bits per heavy atom. The highest BCUT2D eigenvalue weighted by molar-refractivity contribution is 7.17. The SMILES string of the molecule is O=C(O)[C@H]1COCCN1C(=O)c1cnc(-c2ccccc2Cl)s1. The van der Waals surface area contributed by atoms with Gasteiger partial charge in [-0.05, 0) is 6.07 Å². The number of halogens is 1. The third-order valence-electron chi connectivity index (χ3n) is 3.50. The molecule has 0 bridgehead atoms. The Morgan fingerprint density at radius 2 is 2.17 bits per heavy atom. The molecular weight excluding hydrogens is 340 g/mol. The number of carbonyl (C=O) groups excluding carboxylic acids is 1. The van der Waals surface area contributed by atoms with Gasteiger partial charge in [0.25, 0.3) is 5.91 Å². The van der Waals surface area contributed by atoms with Gasteiger partial charge in [-0.25, -0.2) is 9.78 Å². The summed E-state index contributed by atoms with van der Waals surface area (Å²) in [5.41, 5.74) is 0.745. The lowest BCUT2D eigenvalue weighted by Gasteiger charge is -2.32. The van der Waals surface area contributed by atoms with Crippen LogP contribution >= 0.6 is 22.9 Å². The third-order valence-corrected chi connectivity index (χ3v) is 4.84. The topological polar surface area (TPSA) is 79.7 Å². The monoisotopic (exact) mass is 352 g/mol. The molecule has 1 aliphatic heterocycles. The van der Waals surface area contributed by atoms with E-state index in [1.807, 2.05) is 18.2 Å². The zero-order chi connectivity index (χ0) is 16.4. The minimum absolute atomic E-state index is 0.00273. The van der Waals surface area contributed by atoms with Crippen LogP contribution in [0.3, 0.4) is 0 Å². The van der Waals surface area contributed by atoms with Crippen LogP contribution < -0.4 is 0 Å². The molecule has 23 heavy (non-hydrogen) atoms. The lowest BCUT2D eigenvalue weighted by molar-refractivity contribution is -0.147. The average molecular weight is 353 g/mol. The van der Waals surface area contributed by atoms with Crippen molar-refractivity contribution in [2.45, 2.75) is 6.04 Å². The normalized spacial score (nSPS) is 18.0. The molecule has 1 saturated heterocycles. The molecule has 1 aromatic heterocycles. The molecule has 3 rings (SSSR count). The van der Waals surface area contributed by atoms with Crippen molar-refractivity contribution in [1.82, 2.24) is 9.88 Å². The van der Waals surface area contributed by atoms with Crippen molar-refractivity contribution in [3.05, 3.63) is 40.4 Å². The van der Waals surface area contributed by atoms with E-state index in [4.69, 9.17) is 16.3 Å². The lowest BCUT2D eigenvalue weighted by atomic mass is 10.2. The first-order valence-electron chi connectivity index (χ1n) is 6.90. The Hall–Kier alpha value is -1.96. The summed E-state index contributed by atoms with van der Waals surface area (Å²) in [4.78, 5) is 29.8. The number of nitrogens with zero attached hydrogens (tertiary/aromatic N) is 2. The maximum atomic E-state index is 12.6. The minimum atomic E-state index is -1.08. The summed E-state index contributed by atoms with van der Waals surface area (Å²) >= 11 is 7.33. The number of carboxylic acids is 1. The van der Waals surface area contributed by atoms with Crippen LogP contribution in [0.15, 0.2) is 30.5 Å². The van der Waals surface area contributed by atoms with Crippen molar-refractivity contribution < 1.29 is 19.4 Å². The molecule has 6 nitrogen and oxygen atoms in total. The van der Waals surface area contributed by atoms with Gasteiger partial charge in [0, 0.05) is 12.1 Å². The van der Waals surface area contributed by atoms with Crippen molar-refractivity contribution >= 4 is 34.8 Å². The fourth-order valence-corrected chi connectivity index (χ4v) is 3.52. The van der Waals surface area contributed by atoms with E-state index >= 15 is 0 Å². The van der Waals surface area contributed by atoms with Crippen molar-refractivity contribution in [2.24, 2.45) is 0 Å². The molecule has 0 spiro atoms. The van der Waals surface area contributed by atoms with Crippen molar-refractivity contribution in [3.63, 3.8) is 0 Å². The second kappa shape index (κ2) is 6.66. The molecule has 1 aromatic carbocycles. The Kier molecular flexibility index (Phi) is 4.61. The van der Waals surface area contributed by atoms with Crippen LogP contribution in [-0.2, 0) is 9.53 Å². The lowest BCUT2D eigenvalue weighted by Crippen LogP contribution is -2.52. The summed E-state index contributed by atoms with van der Waals surface area (Å²) in [5, 5.41) is 10.4. The smallest absolute Gasteiger partial charge is 0.328 e. The number of rotatable bonds is 3. The highest BCUT2D eigenvalue weighted by atomic mass is 35.5. The van der Waals surface area contributed by atoms with Crippen molar-refractivity contribution in [2.75, 3.05) is 19.8 Å². The molecule has 0 aliphatic carbocycles. The quantitative estimate of drug-likeness (QED) is 0.917.